The second kappa shape index (κ2) is 11.0. The zero-order valence-electron chi connectivity index (χ0n) is 19.5. The van der Waals surface area contributed by atoms with Gasteiger partial charge in [0, 0.05) is 43.3 Å². The highest BCUT2D eigenvalue weighted by Crippen LogP contribution is 2.29. The van der Waals surface area contributed by atoms with Crippen LogP contribution >= 0.6 is 0 Å². The van der Waals surface area contributed by atoms with Gasteiger partial charge in [-0.1, -0.05) is 13.0 Å². The van der Waals surface area contributed by atoms with Crippen LogP contribution in [0.4, 0.5) is 21.9 Å². The summed E-state index contributed by atoms with van der Waals surface area (Å²) in [4.78, 5) is 28.0. The van der Waals surface area contributed by atoms with Gasteiger partial charge in [-0.05, 0) is 68.0 Å². The minimum absolute atomic E-state index is 0.0551. The van der Waals surface area contributed by atoms with Crippen LogP contribution in [0.2, 0.25) is 0 Å². The SMILES string of the molecule is CC1CCN(c2ccc(NC(=O)Nc3cccc(C#N)c3)cc2C(=O)NC[C@@H]2CCCO2)CC1. The Hall–Kier alpha value is -3.57. The van der Waals surface area contributed by atoms with Crippen LogP contribution in [0.5, 0.6) is 0 Å². The topological polar surface area (TPSA) is 106 Å². The summed E-state index contributed by atoms with van der Waals surface area (Å²) in [6.45, 7) is 5.27. The number of piperidine rings is 1. The first-order chi connectivity index (χ1) is 16.5. The lowest BCUT2D eigenvalue weighted by atomic mass is 9.97. The van der Waals surface area contributed by atoms with Crippen LogP contribution in [0.3, 0.4) is 0 Å². The molecule has 0 unspecified atom stereocenters. The number of nitrogens with one attached hydrogen (secondary N) is 3. The molecule has 2 saturated heterocycles. The molecule has 178 valence electrons. The third kappa shape index (κ3) is 6.06. The second-order valence-corrected chi connectivity index (χ2v) is 9.02. The van der Waals surface area contributed by atoms with E-state index in [0.717, 1.165) is 51.1 Å². The highest BCUT2D eigenvalue weighted by Gasteiger charge is 2.23. The molecule has 0 aromatic heterocycles. The van der Waals surface area contributed by atoms with E-state index in [1.807, 2.05) is 12.1 Å². The summed E-state index contributed by atoms with van der Waals surface area (Å²) in [6, 6.07) is 13.7. The van der Waals surface area contributed by atoms with Gasteiger partial charge in [0.05, 0.1) is 23.3 Å². The molecule has 2 fully saturated rings. The molecule has 0 radical (unpaired) electrons. The van der Waals surface area contributed by atoms with Crippen LogP contribution in [0.15, 0.2) is 42.5 Å². The van der Waals surface area contributed by atoms with E-state index < -0.39 is 6.03 Å². The maximum atomic E-state index is 13.2. The number of carbonyl (C=O) groups is 2. The minimum Gasteiger partial charge on any atom is -0.376 e. The number of rotatable bonds is 6. The van der Waals surface area contributed by atoms with Crippen molar-refractivity contribution in [2.45, 2.75) is 38.7 Å². The number of anilines is 3. The van der Waals surface area contributed by atoms with Crippen molar-refractivity contribution in [2.75, 3.05) is 41.8 Å². The number of carbonyl (C=O) groups excluding carboxylic acids is 2. The van der Waals surface area contributed by atoms with Crippen LogP contribution in [0, 0.1) is 17.2 Å². The number of hydrogen-bond donors (Lipinski definition) is 3. The molecular weight excluding hydrogens is 430 g/mol. The Balaban J connectivity index is 1.49. The summed E-state index contributed by atoms with van der Waals surface area (Å²) in [6.07, 6.45) is 4.19. The zero-order chi connectivity index (χ0) is 23.9. The average Bonchev–Trinajstić information content (AvgIpc) is 3.37. The Morgan fingerprint density at radius 1 is 1.09 bits per heavy atom. The number of nitriles is 1. The molecule has 2 aliphatic heterocycles. The number of nitrogens with zero attached hydrogens (tertiary/aromatic N) is 2. The van der Waals surface area contributed by atoms with Gasteiger partial charge < -0.3 is 25.6 Å². The van der Waals surface area contributed by atoms with E-state index in [0.29, 0.717) is 35.0 Å². The Morgan fingerprint density at radius 2 is 1.85 bits per heavy atom. The lowest BCUT2D eigenvalue weighted by molar-refractivity contribution is 0.0858. The van der Waals surface area contributed by atoms with Crippen LogP contribution < -0.4 is 20.9 Å². The average molecular weight is 462 g/mol. The lowest BCUT2D eigenvalue weighted by Crippen LogP contribution is -2.36. The molecule has 4 rings (SSSR count). The third-order valence-corrected chi connectivity index (χ3v) is 6.39. The van der Waals surface area contributed by atoms with E-state index in [1.165, 1.54) is 0 Å². The summed E-state index contributed by atoms with van der Waals surface area (Å²) in [5.74, 6) is 0.507. The summed E-state index contributed by atoms with van der Waals surface area (Å²) in [5, 5.41) is 17.6. The van der Waals surface area contributed by atoms with E-state index in [-0.39, 0.29) is 12.0 Å². The van der Waals surface area contributed by atoms with Gasteiger partial charge in [0.25, 0.3) is 5.91 Å². The van der Waals surface area contributed by atoms with Gasteiger partial charge in [0.15, 0.2) is 0 Å². The molecule has 34 heavy (non-hydrogen) atoms. The van der Waals surface area contributed by atoms with Crippen molar-refractivity contribution in [1.29, 1.82) is 5.26 Å². The number of ether oxygens (including phenoxy) is 1. The standard InChI is InChI=1S/C26H31N5O3/c1-18-9-11-31(12-10-18)24-8-7-21(15-23(24)25(32)28-17-22-6-3-13-34-22)30-26(33)29-20-5-2-4-19(14-20)16-27/h2,4-5,7-8,14-15,18,22H,3,6,9-13,17H2,1H3,(H,28,32)(H2,29,30,33)/t22-/m0/s1. The fourth-order valence-corrected chi connectivity index (χ4v) is 4.39. The van der Waals surface area contributed by atoms with Gasteiger partial charge in [-0.2, -0.15) is 5.26 Å². The normalized spacial score (nSPS) is 18.2. The third-order valence-electron chi connectivity index (χ3n) is 6.39. The first-order valence-electron chi connectivity index (χ1n) is 11.9. The maximum Gasteiger partial charge on any atom is 0.323 e. The van der Waals surface area contributed by atoms with E-state index in [4.69, 9.17) is 10.00 Å². The van der Waals surface area contributed by atoms with Crippen molar-refractivity contribution in [3.63, 3.8) is 0 Å². The zero-order valence-corrected chi connectivity index (χ0v) is 19.5. The van der Waals surface area contributed by atoms with Crippen molar-refractivity contribution < 1.29 is 14.3 Å². The molecule has 3 amide bonds. The molecule has 2 aliphatic rings. The smallest absolute Gasteiger partial charge is 0.323 e. The van der Waals surface area contributed by atoms with Crippen LogP contribution in [-0.2, 0) is 4.74 Å². The van der Waals surface area contributed by atoms with Crippen molar-refractivity contribution >= 4 is 29.0 Å². The predicted molar refractivity (Wildman–Crippen MR) is 132 cm³/mol. The largest absolute Gasteiger partial charge is 0.376 e. The Kier molecular flexibility index (Phi) is 7.65. The van der Waals surface area contributed by atoms with E-state index in [1.54, 1.807) is 30.3 Å². The van der Waals surface area contributed by atoms with E-state index in [2.05, 4.69) is 33.8 Å². The van der Waals surface area contributed by atoms with Gasteiger partial charge in [0.1, 0.15) is 0 Å². The minimum atomic E-state index is -0.444. The van der Waals surface area contributed by atoms with Gasteiger partial charge in [-0.15, -0.1) is 0 Å². The van der Waals surface area contributed by atoms with Gasteiger partial charge >= 0.3 is 6.03 Å². The summed E-state index contributed by atoms with van der Waals surface area (Å²) in [5.41, 5.74) is 2.92. The number of benzene rings is 2. The molecule has 0 bridgehead atoms. The highest BCUT2D eigenvalue weighted by molar-refractivity contribution is 6.04. The molecule has 2 heterocycles. The number of amides is 3. The Bertz CT molecular complexity index is 1070. The monoisotopic (exact) mass is 461 g/mol. The fourth-order valence-electron chi connectivity index (χ4n) is 4.39. The first-order valence-corrected chi connectivity index (χ1v) is 11.9. The summed E-state index contributed by atoms with van der Waals surface area (Å²) in [7, 11) is 0. The summed E-state index contributed by atoms with van der Waals surface area (Å²) >= 11 is 0. The van der Waals surface area contributed by atoms with Crippen LogP contribution in [-0.4, -0.2) is 44.3 Å². The van der Waals surface area contributed by atoms with Crippen molar-refractivity contribution in [1.82, 2.24) is 5.32 Å². The first kappa shape index (κ1) is 23.6. The molecule has 1 atom stereocenters. The van der Waals surface area contributed by atoms with Gasteiger partial charge in [0.2, 0.25) is 0 Å². The molecule has 0 spiro atoms. The van der Waals surface area contributed by atoms with E-state index >= 15 is 0 Å². The van der Waals surface area contributed by atoms with Crippen molar-refractivity contribution in [3.05, 3.63) is 53.6 Å². The second-order valence-electron chi connectivity index (χ2n) is 9.02. The quantitative estimate of drug-likeness (QED) is 0.593. The van der Waals surface area contributed by atoms with Crippen LogP contribution in [0.25, 0.3) is 0 Å². The number of urea groups is 1. The molecule has 2 aromatic carbocycles. The van der Waals surface area contributed by atoms with Crippen molar-refractivity contribution in [3.8, 4) is 6.07 Å². The maximum absolute atomic E-state index is 13.2. The van der Waals surface area contributed by atoms with Gasteiger partial charge in [-0.3, -0.25) is 4.79 Å². The highest BCUT2D eigenvalue weighted by atomic mass is 16.5. The predicted octanol–water partition coefficient (Wildman–Crippen LogP) is 4.35. The van der Waals surface area contributed by atoms with Gasteiger partial charge in [-0.25, -0.2) is 4.79 Å². The molecule has 2 aromatic rings. The van der Waals surface area contributed by atoms with Crippen molar-refractivity contribution in [2.24, 2.45) is 5.92 Å². The molecule has 8 heteroatoms. The van der Waals surface area contributed by atoms with Crippen LogP contribution in [0.1, 0.15) is 48.5 Å². The molecule has 0 saturated carbocycles. The lowest BCUT2D eigenvalue weighted by Gasteiger charge is -2.33. The number of hydrogen-bond acceptors (Lipinski definition) is 5. The van der Waals surface area contributed by atoms with E-state index in [9.17, 15) is 9.59 Å². The summed E-state index contributed by atoms with van der Waals surface area (Å²) < 4.78 is 5.64. The molecule has 8 nitrogen and oxygen atoms in total. The molecular formula is C26H31N5O3. The Labute approximate surface area is 200 Å². The molecule has 0 aliphatic carbocycles. The fraction of sp³-hybridized carbons (Fsp3) is 0.423. The molecule has 3 N–H and O–H groups in total. The Morgan fingerprint density at radius 3 is 2.56 bits per heavy atom.